The number of benzene rings is 1. The van der Waals surface area contributed by atoms with Crippen molar-refractivity contribution in [2.45, 2.75) is 12.9 Å². The van der Waals surface area contributed by atoms with E-state index in [1.54, 1.807) is 24.6 Å². The van der Waals surface area contributed by atoms with E-state index in [9.17, 15) is 18.0 Å². The molecule has 0 aliphatic carbocycles. The first kappa shape index (κ1) is 18.4. The number of amides is 1. The van der Waals surface area contributed by atoms with Gasteiger partial charge in [-0.25, -0.2) is 4.98 Å². The Morgan fingerprint density at radius 2 is 1.96 bits per heavy atom. The first-order chi connectivity index (χ1) is 12.3. The van der Waals surface area contributed by atoms with Gasteiger partial charge in [0.05, 0.1) is 11.1 Å². The van der Waals surface area contributed by atoms with Gasteiger partial charge in [-0.15, -0.1) is 35.8 Å². The average molecular weight is 398 g/mol. The van der Waals surface area contributed by atoms with E-state index in [4.69, 9.17) is 0 Å². The van der Waals surface area contributed by atoms with Crippen LogP contribution in [0.4, 0.5) is 13.2 Å². The molecule has 0 saturated carbocycles. The van der Waals surface area contributed by atoms with E-state index in [1.807, 2.05) is 17.5 Å². The van der Waals surface area contributed by atoms with Crippen LogP contribution in [0.25, 0.3) is 9.88 Å². The summed E-state index contributed by atoms with van der Waals surface area (Å²) in [5.74, 6) is -0.487. The van der Waals surface area contributed by atoms with Crippen LogP contribution in [0.3, 0.4) is 0 Å². The summed E-state index contributed by atoms with van der Waals surface area (Å²) in [5.41, 5.74) is 0.693. The maximum atomic E-state index is 12.5. The van der Waals surface area contributed by atoms with Gasteiger partial charge in [-0.05, 0) is 29.1 Å². The Labute approximate surface area is 155 Å². The van der Waals surface area contributed by atoms with Gasteiger partial charge in [-0.1, -0.05) is 18.2 Å². The molecule has 0 aliphatic heterocycles. The van der Waals surface area contributed by atoms with Crippen LogP contribution < -0.4 is 4.74 Å². The van der Waals surface area contributed by atoms with Crippen molar-refractivity contribution in [1.29, 1.82) is 0 Å². The van der Waals surface area contributed by atoms with Gasteiger partial charge < -0.3 is 9.64 Å². The number of rotatable bonds is 5. The lowest BCUT2D eigenvalue weighted by Crippen LogP contribution is -2.25. The van der Waals surface area contributed by atoms with Crippen LogP contribution in [0.1, 0.15) is 15.2 Å². The van der Waals surface area contributed by atoms with Gasteiger partial charge in [0, 0.05) is 13.6 Å². The Morgan fingerprint density at radius 1 is 1.23 bits per heavy atom. The summed E-state index contributed by atoms with van der Waals surface area (Å²) in [6, 6.07) is 9.29. The first-order valence-corrected chi connectivity index (χ1v) is 9.11. The Balaban J connectivity index is 1.64. The van der Waals surface area contributed by atoms with Crippen LogP contribution in [-0.2, 0) is 6.54 Å². The second-order valence-electron chi connectivity index (χ2n) is 5.36. The lowest BCUT2D eigenvalue weighted by Gasteiger charge is -2.16. The number of ether oxygens (including phenoxy) is 1. The van der Waals surface area contributed by atoms with Gasteiger partial charge in [-0.3, -0.25) is 4.79 Å². The molecule has 1 aromatic carbocycles. The third kappa shape index (κ3) is 4.61. The lowest BCUT2D eigenvalue weighted by molar-refractivity contribution is -0.274. The molecule has 0 N–H and O–H groups in total. The molecule has 0 bridgehead atoms. The molecular weight excluding hydrogens is 385 g/mol. The van der Waals surface area contributed by atoms with Crippen molar-refractivity contribution in [2.24, 2.45) is 0 Å². The van der Waals surface area contributed by atoms with Gasteiger partial charge in [0.2, 0.25) is 0 Å². The standard InChI is InChI=1S/C17H13F3N2O2S2/c1-22(10-11-4-6-12(7-5-11)24-17(18,19)20)16(23)14-9-21-15(26-14)13-3-2-8-25-13/h2-9H,10H2,1H3. The highest BCUT2D eigenvalue weighted by molar-refractivity contribution is 7.21. The monoisotopic (exact) mass is 398 g/mol. The quantitative estimate of drug-likeness (QED) is 0.605. The second kappa shape index (κ2) is 7.46. The molecule has 0 aliphatic rings. The molecule has 3 aromatic rings. The summed E-state index contributed by atoms with van der Waals surface area (Å²) in [7, 11) is 1.63. The molecule has 4 nitrogen and oxygen atoms in total. The summed E-state index contributed by atoms with van der Waals surface area (Å²) in [5, 5.41) is 2.72. The summed E-state index contributed by atoms with van der Waals surface area (Å²) >= 11 is 2.86. The van der Waals surface area contributed by atoms with E-state index >= 15 is 0 Å². The van der Waals surface area contributed by atoms with Gasteiger partial charge in [0.15, 0.2) is 0 Å². The van der Waals surface area contributed by atoms with E-state index in [1.165, 1.54) is 40.5 Å². The molecule has 9 heteroatoms. The summed E-state index contributed by atoms with van der Waals surface area (Å²) < 4.78 is 40.3. The number of nitrogens with zero attached hydrogens (tertiary/aromatic N) is 2. The third-order valence-electron chi connectivity index (χ3n) is 3.37. The van der Waals surface area contributed by atoms with E-state index in [-0.39, 0.29) is 18.2 Å². The SMILES string of the molecule is CN(Cc1ccc(OC(F)(F)F)cc1)C(=O)c1cnc(-c2cccs2)s1. The average Bonchev–Trinajstić information content (AvgIpc) is 3.25. The number of carbonyl (C=O) groups is 1. The van der Waals surface area contributed by atoms with Crippen LogP contribution >= 0.6 is 22.7 Å². The summed E-state index contributed by atoms with van der Waals surface area (Å²) in [6.45, 7) is 0.261. The molecule has 0 spiro atoms. The van der Waals surface area contributed by atoms with E-state index in [2.05, 4.69) is 9.72 Å². The second-order valence-corrected chi connectivity index (χ2v) is 7.34. The predicted molar refractivity (Wildman–Crippen MR) is 94.3 cm³/mol. The molecule has 1 amide bonds. The van der Waals surface area contributed by atoms with Crippen LogP contribution in [0.15, 0.2) is 48.0 Å². The molecule has 2 aromatic heterocycles. The van der Waals surface area contributed by atoms with Crippen molar-refractivity contribution < 1.29 is 22.7 Å². The topological polar surface area (TPSA) is 42.4 Å². The number of halogens is 3. The maximum Gasteiger partial charge on any atom is 0.573 e. The number of aromatic nitrogens is 1. The Bertz CT molecular complexity index is 874. The summed E-state index contributed by atoms with van der Waals surface area (Å²) in [6.07, 6.45) is -3.18. The molecule has 2 heterocycles. The number of hydrogen-bond donors (Lipinski definition) is 0. The number of thiophene rings is 1. The van der Waals surface area contributed by atoms with Crippen molar-refractivity contribution in [3.8, 4) is 15.6 Å². The Kier molecular flexibility index (Phi) is 5.28. The van der Waals surface area contributed by atoms with E-state index in [0.717, 1.165) is 9.88 Å². The minimum atomic E-state index is -4.72. The zero-order valence-corrected chi connectivity index (χ0v) is 15.1. The van der Waals surface area contributed by atoms with Crippen LogP contribution in [-0.4, -0.2) is 29.2 Å². The van der Waals surface area contributed by atoms with Crippen molar-refractivity contribution in [3.05, 3.63) is 58.4 Å². The van der Waals surface area contributed by atoms with Gasteiger partial charge >= 0.3 is 6.36 Å². The smallest absolute Gasteiger partial charge is 0.406 e. The van der Waals surface area contributed by atoms with Crippen molar-refractivity contribution in [1.82, 2.24) is 9.88 Å². The van der Waals surface area contributed by atoms with E-state index < -0.39 is 6.36 Å². The fraction of sp³-hybridized carbons (Fsp3) is 0.176. The molecule has 26 heavy (non-hydrogen) atoms. The summed E-state index contributed by atoms with van der Waals surface area (Å²) in [4.78, 5) is 19.8. The van der Waals surface area contributed by atoms with Gasteiger partial charge in [0.1, 0.15) is 15.6 Å². The van der Waals surface area contributed by atoms with Crippen molar-refractivity contribution >= 4 is 28.6 Å². The molecule has 0 radical (unpaired) electrons. The number of thiazole rings is 1. The largest absolute Gasteiger partial charge is 0.573 e. The minimum Gasteiger partial charge on any atom is -0.406 e. The Hall–Kier alpha value is -2.39. The first-order valence-electron chi connectivity index (χ1n) is 7.42. The highest BCUT2D eigenvalue weighted by Crippen LogP contribution is 2.29. The van der Waals surface area contributed by atoms with Gasteiger partial charge in [-0.2, -0.15) is 0 Å². The zero-order valence-electron chi connectivity index (χ0n) is 13.5. The zero-order chi connectivity index (χ0) is 18.7. The van der Waals surface area contributed by atoms with Crippen LogP contribution in [0.5, 0.6) is 5.75 Å². The Morgan fingerprint density at radius 3 is 2.58 bits per heavy atom. The maximum absolute atomic E-state index is 12.5. The molecule has 136 valence electrons. The van der Waals surface area contributed by atoms with Gasteiger partial charge in [0.25, 0.3) is 5.91 Å². The normalized spacial score (nSPS) is 11.4. The molecule has 0 atom stereocenters. The van der Waals surface area contributed by atoms with Crippen molar-refractivity contribution in [2.75, 3.05) is 7.05 Å². The fourth-order valence-corrected chi connectivity index (χ4v) is 3.93. The van der Waals surface area contributed by atoms with E-state index in [0.29, 0.717) is 10.4 Å². The fourth-order valence-electron chi connectivity index (χ4n) is 2.22. The lowest BCUT2D eigenvalue weighted by atomic mass is 10.2. The highest BCUT2D eigenvalue weighted by Gasteiger charge is 2.31. The molecule has 0 saturated heterocycles. The van der Waals surface area contributed by atoms with Crippen LogP contribution in [0, 0.1) is 0 Å². The molecular formula is C17H13F3N2O2S2. The van der Waals surface area contributed by atoms with Crippen LogP contribution in [0.2, 0.25) is 0 Å². The molecule has 3 rings (SSSR count). The molecule has 0 unspecified atom stereocenters. The molecule has 0 fully saturated rings. The predicted octanol–water partition coefficient (Wildman–Crippen LogP) is 5.04. The number of carbonyl (C=O) groups excluding carboxylic acids is 1. The number of hydrogen-bond acceptors (Lipinski definition) is 5. The third-order valence-corrected chi connectivity index (χ3v) is 5.40. The van der Waals surface area contributed by atoms with Crippen molar-refractivity contribution in [3.63, 3.8) is 0 Å². The minimum absolute atomic E-state index is 0.194. The highest BCUT2D eigenvalue weighted by atomic mass is 32.1. The number of alkyl halides is 3.